The molecule has 0 aliphatic heterocycles. The zero-order valence-corrected chi connectivity index (χ0v) is 10.1. The van der Waals surface area contributed by atoms with Gasteiger partial charge in [-0.1, -0.05) is 17.9 Å². The van der Waals surface area contributed by atoms with Crippen LogP contribution in [0.2, 0.25) is 0 Å². The lowest BCUT2D eigenvalue weighted by atomic mass is 10.6. The number of allylic oxidation sites excluding steroid dienone is 2. The molecule has 0 radical (unpaired) electrons. The van der Waals surface area contributed by atoms with Crippen LogP contribution in [-0.2, 0) is 0 Å². The van der Waals surface area contributed by atoms with E-state index in [-0.39, 0.29) is 9.52 Å². The molecule has 0 aromatic heterocycles. The Kier molecular flexibility index (Phi) is 5.13. The van der Waals surface area contributed by atoms with Gasteiger partial charge in [0.25, 0.3) is 0 Å². The fourth-order valence-electron chi connectivity index (χ4n) is 1.14. The molecule has 0 aliphatic rings. The maximum Gasteiger partial charge on any atom is 0.0914 e. The SMILES string of the molecule is C=CC(=C)[SiH2]C(N(C)C)N(C)C. The molecule has 0 saturated carbocycles. The Balaban J connectivity index is 4.13. The first kappa shape index (κ1) is 11.6. The maximum absolute atomic E-state index is 3.97. The monoisotopic (exact) mass is 184 g/mol. The first-order valence-electron chi connectivity index (χ1n) is 4.12. The molecule has 12 heavy (non-hydrogen) atoms. The van der Waals surface area contributed by atoms with Crippen molar-refractivity contribution in [3.8, 4) is 0 Å². The second-order valence-electron chi connectivity index (χ2n) is 3.47. The molecule has 0 spiro atoms. The van der Waals surface area contributed by atoms with Gasteiger partial charge in [0, 0.05) is 5.79 Å². The Hall–Kier alpha value is -0.383. The molecule has 0 unspecified atom stereocenters. The molecule has 0 atom stereocenters. The van der Waals surface area contributed by atoms with Gasteiger partial charge in [0.2, 0.25) is 0 Å². The van der Waals surface area contributed by atoms with E-state index in [4.69, 9.17) is 0 Å². The van der Waals surface area contributed by atoms with Gasteiger partial charge in [0.05, 0.1) is 9.52 Å². The molecule has 70 valence electrons. The molecule has 0 bridgehead atoms. The Morgan fingerprint density at radius 2 is 1.67 bits per heavy atom. The number of hydrogen-bond donors (Lipinski definition) is 0. The molecule has 0 heterocycles. The molecule has 2 nitrogen and oxygen atoms in total. The fourth-order valence-corrected chi connectivity index (χ4v) is 2.51. The van der Waals surface area contributed by atoms with E-state index in [9.17, 15) is 0 Å². The second-order valence-corrected chi connectivity index (χ2v) is 5.52. The lowest BCUT2D eigenvalue weighted by Crippen LogP contribution is -2.45. The normalized spacial score (nSPS) is 12.2. The van der Waals surface area contributed by atoms with Crippen molar-refractivity contribution < 1.29 is 0 Å². The largest absolute Gasteiger partial charge is 0.297 e. The first-order chi connectivity index (χ1) is 5.49. The molecule has 3 heteroatoms. The fraction of sp³-hybridized carbons (Fsp3) is 0.556. The summed E-state index contributed by atoms with van der Waals surface area (Å²) in [5.41, 5.74) is 0. The van der Waals surface area contributed by atoms with Gasteiger partial charge in [-0.2, -0.15) is 0 Å². The van der Waals surface area contributed by atoms with Crippen LogP contribution in [0, 0.1) is 0 Å². The zero-order valence-electron chi connectivity index (χ0n) is 8.67. The van der Waals surface area contributed by atoms with Gasteiger partial charge >= 0.3 is 0 Å². The minimum atomic E-state index is -0.306. The van der Waals surface area contributed by atoms with Crippen LogP contribution >= 0.6 is 0 Å². The van der Waals surface area contributed by atoms with E-state index in [2.05, 4.69) is 51.1 Å². The summed E-state index contributed by atoms with van der Waals surface area (Å²) in [5.74, 6) is 0.551. The van der Waals surface area contributed by atoms with E-state index < -0.39 is 0 Å². The Morgan fingerprint density at radius 3 is 1.92 bits per heavy atom. The molecule has 0 fully saturated rings. The smallest absolute Gasteiger partial charge is 0.0914 e. The van der Waals surface area contributed by atoms with Gasteiger partial charge < -0.3 is 0 Å². The van der Waals surface area contributed by atoms with Gasteiger partial charge in [0.15, 0.2) is 0 Å². The third-order valence-electron chi connectivity index (χ3n) is 1.93. The molecular weight excluding hydrogens is 164 g/mol. The number of hydrogen-bond acceptors (Lipinski definition) is 2. The summed E-state index contributed by atoms with van der Waals surface area (Å²) in [4.78, 5) is 4.47. The van der Waals surface area contributed by atoms with Crippen LogP contribution in [-0.4, -0.2) is 53.3 Å². The molecule has 0 aromatic carbocycles. The zero-order chi connectivity index (χ0) is 9.72. The Bertz CT molecular complexity index is 156. The van der Waals surface area contributed by atoms with Crippen LogP contribution in [0.25, 0.3) is 0 Å². The number of nitrogens with zero attached hydrogens (tertiary/aromatic N) is 2. The van der Waals surface area contributed by atoms with Crippen LogP contribution in [0.1, 0.15) is 0 Å². The molecule has 0 aliphatic carbocycles. The molecule has 0 rings (SSSR count). The first-order valence-corrected chi connectivity index (χ1v) is 5.64. The van der Waals surface area contributed by atoms with Crippen molar-refractivity contribution in [1.29, 1.82) is 0 Å². The van der Waals surface area contributed by atoms with Gasteiger partial charge in [-0.3, -0.25) is 9.80 Å². The van der Waals surface area contributed by atoms with Gasteiger partial charge in [0.1, 0.15) is 0 Å². The van der Waals surface area contributed by atoms with Crippen LogP contribution in [0.5, 0.6) is 0 Å². The molecule has 0 N–H and O–H groups in total. The summed E-state index contributed by atoms with van der Waals surface area (Å²) in [6.45, 7) is 7.70. The van der Waals surface area contributed by atoms with Crippen LogP contribution in [0.3, 0.4) is 0 Å². The summed E-state index contributed by atoms with van der Waals surface area (Å²) < 4.78 is 0. The highest BCUT2D eigenvalue weighted by molar-refractivity contribution is 6.47. The van der Waals surface area contributed by atoms with Crippen molar-refractivity contribution in [1.82, 2.24) is 9.80 Å². The van der Waals surface area contributed by atoms with E-state index >= 15 is 0 Å². The quantitative estimate of drug-likeness (QED) is 0.344. The third kappa shape index (κ3) is 3.85. The van der Waals surface area contributed by atoms with Crippen LogP contribution in [0.4, 0.5) is 0 Å². The molecular formula is C9H20N2Si. The minimum Gasteiger partial charge on any atom is -0.297 e. The van der Waals surface area contributed by atoms with Gasteiger partial charge in [-0.05, 0) is 28.2 Å². The lowest BCUT2D eigenvalue weighted by molar-refractivity contribution is 0.201. The average molecular weight is 184 g/mol. The highest BCUT2D eigenvalue weighted by Gasteiger charge is 2.13. The van der Waals surface area contributed by atoms with E-state index in [0.717, 1.165) is 0 Å². The van der Waals surface area contributed by atoms with Crippen molar-refractivity contribution in [3.05, 3.63) is 24.4 Å². The van der Waals surface area contributed by atoms with Gasteiger partial charge in [-0.25, -0.2) is 0 Å². The predicted molar refractivity (Wildman–Crippen MR) is 59.0 cm³/mol. The van der Waals surface area contributed by atoms with E-state index in [1.807, 2.05) is 6.08 Å². The van der Waals surface area contributed by atoms with Crippen molar-refractivity contribution in [2.45, 2.75) is 5.79 Å². The summed E-state index contributed by atoms with van der Waals surface area (Å²) in [7, 11) is 8.11. The van der Waals surface area contributed by atoms with Crippen LogP contribution in [0.15, 0.2) is 24.4 Å². The van der Waals surface area contributed by atoms with Crippen LogP contribution < -0.4 is 0 Å². The maximum atomic E-state index is 3.97. The summed E-state index contributed by atoms with van der Waals surface area (Å²) in [6.07, 6.45) is 1.88. The summed E-state index contributed by atoms with van der Waals surface area (Å²) in [5, 5.41) is 1.22. The minimum absolute atomic E-state index is 0.306. The van der Waals surface area contributed by atoms with E-state index in [1.165, 1.54) is 5.20 Å². The Morgan fingerprint density at radius 1 is 1.25 bits per heavy atom. The summed E-state index contributed by atoms with van der Waals surface area (Å²) >= 11 is 0. The number of rotatable bonds is 5. The predicted octanol–water partition coefficient (Wildman–Crippen LogP) is 0.262. The summed E-state index contributed by atoms with van der Waals surface area (Å²) in [6, 6.07) is 0. The van der Waals surface area contributed by atoms with Crippen molar-refractivity contribution in [2.75, 3.05) is 28.2 Å². The average Bonchev–Trinajstić information content (AvgIpc) is 1.98. The third-order valence-corrected chi connectivity index (χ3v) is 4.56. The van der Waals surface area contributed by atoms with Crippen molar-refractivity contribution >= 4 is 9.52 Å². The second kappa shape index (κ2) is 5.30. The van der Waals surface area contributed by atoms with Crippen molar-refractivity contribution in [3.63, 3.8) is 0 Å². The Labute approximate surface area is 78.4 Å². The standard InChI is InChI=1S/C9H20N2Si/c1-7-8(2)12-9(10(3)4)11(5)6/h7,9H,1-2,12H2,3-6H3. The molecule has 0 saturated heterocycles. The topological polar surface area (TPSA) is 6.48 Å². The highest BCUT2D eigenvalue weighted by Crippen LogP contribution is 2.00. The van der Waals surface area contributed by atoms with Crippen molar-refractivity contribution in [2.24, 2.45) is 0 Å². The highest BCUT2D eigenvalue weighted by atomic mass is 28.2. The lowest BCUT2D eigenvalue weighted by Gasteiger charge is -2.30. The van der Waals surface area contributed by atoms with Gasteiger partial charge in [-0.15, -0.1) is 6.58 Å². The molecule has 0 amide bonds. The molecule has 0 aromatic rings. The van der Waals surface area contributed by atoms with E-state index in [0.29, 0.717) is 5.79 Å². The van der Waals surface area contributed by atoms with E-state index in [1.54, 1.807) is 0 Å².